The van der Waals surface area contributed by atoms with E-state index in [1.54, 1.807) is 12.1 Å². The number of ether oxygens (including phenoxy) is 1. The molecule has 1 aliphatic heterocycles. The number of hydrogen-bond acceptors (Lipinski definition) is 3. The Kier molecular flexibility index (Phi) is 7.93. The van der Waals surface area contributed by atoms with Crippen molar-refractivity contribution < 1.29 is 16.0 Å². The summed E-state index contributed by atoms with van der Waals surface area (Å²) in [6.07, 6.45) is 2.03. The molecule has 1 amide bonds. The Morgan fingerprint density at radius 2 is 1.74 bits per heavy atom. The van der Waals surface area contributed by atoms with Gasteiger partial charge in [-0.05, 0) is 58.6 Å². The molecule has 23 heavy (non-hydrogen) atoms. The molecule has 2 rings (SSSR count). The van der Waals surface area contributed by atoms with Crippen LogP contribution in [0.15, 0.2) is 24.3 Å². The van der Waals surface area contributed by atoms with Gasteiger partial charge in [0, 0.05) is 14.5 Å². The summed E-state index contributed by atoms with van der Waals surface area (Å²) >= 11 is 0. The third-order valence-electron chi connectivity index (χ3n) is 3.47. The molecule has 1 N–H and O–H groups in total. The molecule has 1 aromatic rings. The van der Waals surface area contributed by atoms with Crippen molar-refractivity contribution in [1.29, 1.82) is 0 Å². The molecule has 0 unspecified atom stereocenters. The van der Waals surface area contributed by atoms with Gasteiger partial charge in [0.05, 0.1) is 0 Å². The maximum Gasteiger partial charge on any atom is 0.410 e. The highest BCUT2D eigenvalue weighted by atomic mass is 16.6. The van der Waals surface area contributed by atoms with Crippen LogP contribution in [0, 0.1) is 12.8 Å². The van der Waals surface area contributed by atoms with E-state index < -0.39 is 0 Å². The fourth-order valence-corrected chi connectivity index (χ4v) is 2.06. The minimum Gasteiger partial charge on any atom is -0.508 e. The summed E-state index contributed by atoms with van der Waals surface area (Å²) in [5.41, 5.74) is 0.794. The highest BCUT2D eigenvalue weighted by molar-refractivity contribution is 5.68. The maximum atomic E-state index is 11.6. The molecule has 1 aromatic carbocycles. The Morgan fingerprint density at radius 3 is 2.13 bits per heavy atom. The average molecular weight is 325 g/mol. The molecular weight excluding hydrogens is 290 g/mol. The maximum absolute atomic E-state index is 11.6. The van der Waals surface area contributed by atoms with E-state index in [4.69, 9.17) is 11.2 Å². The van der Waals surface area contributed by atoms with Crippen molar-refractivity contribution >= 4 is 6.09 Å². The smallest absolute Gasteiger partial charge is 0.410 e. The number of carbonyl (C=O) groups excluding carboxylic acids is 1. The zero-order valence-corrected chi connectivity index (χ0v) is 15.4. The summed E-state index contributed by atoms with van der Waals surface area (Å²) in [7, 11) is 1.25. The lowest BCUT2D eigenvalue weighted by atomic mass is 10.00. The van der Waals surface area contributed by atoms with Crippen molar-refractivity contribution in [3.05, 3.63) is 29.8 Å². The molecule has 0 spiro atoms. The Labute approximate surface area is 142 Å². The zero-order valence-electron chi connectivity index (χ0n) is 16.4. The molecule has 0 saturated carbocycles. The molecule has 0 aromatic heterocycles. The number of phenolic OH excluding ortho intramolecular Hbond substituents is 1. The van der Waals surface area contributed by atoms with Gasteiger partial charge in [-0.3, -0.25) is 0 Å². The van der Waals surface area contributed by atoms with Crippen molar-refractivity contribution in [2.24, 2.45) is 5.92 Å². The van der Waals surface area contributed by atoms with E-state index in [2.05, 4.69) is 6.92 Å². The topological polar surface area (TPSA) is 49.8 Å². The molecule has 1 fully saturated rings. The number of rotatable bonds is 0. The molecule has 0 radical (unpaired) electrons. The third-order valence-corrected chi connectivity index (χ3v) is 3.47. The fourth-order valence-electron chi connectivity index (χ4n) is 2.06. The van der Waals surface area contributed by atoms with Crippen molar-refractivity contribution in [3.63, 3.8) is 0 Å². The van der Waals surface area contributed by atoms with Crippen LogP contribution in [0.5, 0.6) is 5.75 Å². The molecule has 0 atom stereocenters. The van der Waals surface area contributed by atoms with Crippen LogP contribution in [0.4, 0.5) is 4.79 Å². The number of aromatic hydroxyl groups is 1. The molecule has 1 heterocycles. The van der Waals surface area contributed by atoms with Gasteiger partial charge in [-0.15, -0.1) is 0 Å². The number of carbonyl (C=O) groups is 1. The number of likely N-dealkylation sites (tertiary alicyclic amines) is 1. The van der Waals surface area contributed by atoms with Crippen molar-refractivity contribution in [2.45, 2.75) is 60.5 Å². The van der Waals surface area contributed by atoms with Gasteiger partial charge in [0.2, 0.25) is 0 Å². The van der Waals surface area contributed by atoms with Crippen molar-refractivity contribution in [1.82, 2.24) is 4.90 Å². The summed E-state index contributed by atoms with van der Waals surface area (Å²) in [6.45, 7) is 11.6. The predicted octanol–water partition coefficient (Wildman–Crippen LogP) is 4.99. The number of phenols is 1. The second-order valence-corrected chi connectivity index (χ2v) is 6.99. The van der Waals surface area contributed by atoms with Gasteiger partial charge in [0.25, 0.3) is 0 Å². The number of amides is 1. The van der Waals surface area contributed by atoms with Gasteiger partial charge < -0.3 is 14.7 Å². The number of aryl methyl sites for hydroxylation is 1. The molecule has 4 heteroatoms. The van der Waals surface area contributed by atoms with Crippen LogP contribution in [0.2, 0.25) is 0 Å². The molecule has 0 bridgehead atoms. The molecular formula is C19H33NO3. The van der Waals surface area contributed by atoms with Gasteiger partial charge >= 0.3 is 6.09 Å². The lowest BCUT2D eigenvalue weighted by Crippen LogP contribution is -2.41. The molecule has 0 aliphatic carbocycles. The van der Waals surface area contributed by atoms with E-state index in [1.165, 1.54) is 13.0 Å². The second kappa shape index (κ2) is 9.43. The third kappa shape index (κ3) is 9.11. The monoisotopic (exact) mass is 325 g/mol. The van der Waals surface area contributed by atoms with Crippen LogP contribution in [-0.2, 0) is 4.74 Å². The van der Waals surface area contributed by atoms with E-state index >= 15 is 0 Å². The predicted molar refractivity (Wildman–Crippen MR) is 95.8 cm³/mol. The molecule has 1 saturated heterocycles. The summed E-state index contributed by atoms with van der Waals surface area (Å²) in [5.74, 6) is 1.07. The fraction of sp³-hybridized carbons (Fsp3) is 0.632. The van der Waals surface area contributed by atoms with Gasteiger partial charge in [0.15, 0.2) is 0 Å². The Bertz CT molecular complexity index is 439. The lowest BCUT2D eigenvalue weighted by Gasteiger charge is -2.32. The highest BCUT2D eigenvalue weighted by Crippen LogP contribution is 2.18. The molecule has 132 valence electrons. The van der Waals surface area contributed by atoms with Crippen LogP contribution in [0.1, 0.15) is 54.9 Å². The van der Waals surface area contributed by atoms with Gasteiger partial charge in [-0.1, -0.05) is 32.0 Å². The number of benzene rings is 1. The summed E-state index contributed by atoms with van der Waals surface area (Å²) in [5, 5.41) is 8.76. The van der Waals surface area contributed by atoms with E-state index in [9.17, 15) is 4.79 Å². The summed E-state index contributed by atoms with van der Waals surface area (Å²) < 4.78 is 11.0. The van der Waals surface area contributed by atoms with E-state index in [0.29, 0.717) is 5.75 Å². The van der Waals surface area contributed by atoms with Gasteiger partial charge in [0.1, 0.15) is 11.4 Å². The quantitative estimate of drug-likeness (QED) is 0.731. The molecule has 1 aliphatic rings. The standard InChI is InChI=1S/C11H21NO2.C7H8O.CH4/c1-9-5-7-12(8-6-9)10(13)14-11(2,3)4;1-6-2-4-7(8)5-3-6;/h9H,5-8H2,1-4H3;2-5,8H,1H3;1H4/i;;1T. The normalized spacial score (nSPS) is 15.4. The highest BCUT2D eigenvalue weighted by Gasteiger charge is 2.25. The summed E-state index contributed by atoms with van der Waals surface area (Å²) in [6, 6.07) is 7.09. The SMILES string of the molecule is CC1CCN(C(=O)OC(C)(C)C)CC1.Cc1ccc(O)cc1.[3H]C. The van der Waals surface area contributed by atoms with Crippen LogP contribution in [0.3, 0.4) is 0 Å². The van der Waals surface area contributed by atoms with Crippen LogP contribution < -0.4 is 0 Å². The van der Waals surface area contributed by atoms with Crippen LogP contribution in [0.25, 0.3) is 0 Å². The number of hydrogen-bond donors (Lipinski definition) is 1. The Balaban J connectivity index is 0.000000447. The van der Waals surface area contributed by atoms with E-state index in [-0.39, 0.29) is 11.7 Å². The number of piperidine rings is 1. The van der Waals surface area contributed by atoms with E-state index in [1.807, 2.05) is 44.7 Å². The Hall–Kier alpha value is -1.71. The van der Waals surface area contributed by atoms with Crippen LogP contribution >= 0.6 is 0 Å². The van der Waals surface area contributed by atoms with Crippen molar-refractivity contribution in [3.8, 4) is 5.75 Å². The van der Waals surface area contributed by atoms with Gasteiger partial charge in [-0.2, -0.15) is 0 Å². The first-order chi connectivity index (χ1) is 11.2. The zero-order chi connectivity index (χ0) is 18.8. The van der Waals surface area contributed by atoms with E-state index in [0.717, 1.165) is 31.8 Å². The Morgan fingerprint density at radius 1 is 1.26 bits per heavy atom. The largest absolute Gasteiger partial charge is 0.508 e. The minimum absolute atomic E-state index is 0.163. The second-order valence-electron chi connectivity index (χ2n) is 6.99. The number of nitrogens with zero attached hydrogens (tertiary/aromatic N) is 1. The minimum atomic E-state index is -0.375. The average Bonchev–Trinajstić information content (AvgIpc) is 2.52. The lowest BCUT2D eigenvalue weighted by molar-refractivity contribution is 0.0190. The molecule has 4 nitrogen and oxygen atoms in total. The van der Waals surface area contributed by atoms with Crippen molar-refractivity contribution in [2.75, 3.05) is 13.1 Å². The first kappa shape index (κ1) is 19.3. The first-order valence-corrected chi connectivity index (χ1v) is 7.91. The first-order valence-electron chi connectivity index (χ1n) is 8.91. The summed E-state index contributed by atoms with van der Waals surface area (Å²) in [4.78, 5) is 13.4. The van der Waals surface area contributed by atoms with Crippen LogP contribution in [-0.4, -0.2) is 34.8 Å². The van der Waals surface area contributed by atoms with Gasteiger partial charge in [-0.25, -0.2) is 4.79 Å².